The van der Waals surface area contributed by atoms with E-state index in [4.69, 9.17) is 4.98 Å². The van der Waals surface area contributed by atoms with E-state index in [1.807, 2.05) is 19.0 Å². The molecular weight excluding hydrogens is 422 g/mol. The first-order valence-corrected chi connectivity index (χ1v) is 11.2. The third-order valence-corrected chi connectivity index (χ3v) is 6.72. The zero-order valence-corrected chi connectivity index (χ0v) is 20.0. The first-order valence-electron chi connectivity index (χ1n) is 9.36. The number of fused-ring (bicyclic) bond motifs is 1. The van der Waals surface area contributed by atoms with Crippen LogP contribution in [-0.2, 0) is 4.79 Å². The highest BCUT2D eigenvalue weighted by atomic mass is 35.5. The van der Waals surface area contributed by atoms with E-state index in [9.17, 15) is 4.79 Å². The van der Waals surface area contributed by atoms with Crippen LogP contribution in [0.1, 0.15) is 16.7 Å². The fraction of sp³-hybridized carbons (Fsp3) is 0.364. The standard InChI is InChI=1S/C22H27N3OS2.ClH/c1-15-6-8-18(9-7-15)27-14-20(26)25(11-10-24(4)5)22-23-19-13-16(2)12-17(3)21(19)28-22;/h6-9,12-13H,10-11,14H2,1-5H3;1H. The second-order valence-corrected chi connectivity index (χ2v) is 9.40. The highest BCUT2D eigenvalue weighted by molar-refractivity contribution is 8.00. The van der Waals surface area contributed by atoms with Gasteiger partial charge in [0.05, 0.1) is 16.0 Å². The maximum Gasteiger partial charge on any atom is 0.239 e. The molecule has 0 saturated heterocycles. The minimum absolute atomic E-state index is 0. The van der Waals surface area contributed by atoms with E-state index in [1.165, 1.54) is 16.7 Å². The number of aromatic nitrogens is 1. The summed E-state index contributed by atoms with van der Waals surface area (Å²) in [4.78, 5) is 22.9. The summed E-state index contributed by atoms with van der Waals surface area (Å²) in [5.74, 6) is 0.505. The number of carbonyl (C=O) groups excluding carboxylic acids is 1. The summed E-state index contributed by atoms with van der Waals surface area (Å²) in [6, 6.07) is 12.6. The van der Waals surface area contributed by atoms with Crippen LogP contribution in [0.2, 0.25) is 0 Å². The lowest BCUT2D eigenvalue weighted by molar-refractivity contribution is -0.116. The minimum Gasteiger partial charge on any atom is -0.308 e. The third-order valence-electron chi connectivity index (χ3n) is 4.49. The predicted octanol–water partition coefficient (Wildman–Crippen LogP) is 5.33. The molecule has 1 amide bonds. The van der Waals surface area contributed by atoms with Gasteiger partial charge in [0.25, 0.3) is 0 Å². The van der Waals surface area contributed by atoms with Gasteiger partial charge < -0.3 is 4.90 Å². The van der Waals surface area contributed by atoms with Gasteiger partial charge in [-0.2, -0.15) is 0 Å². The average molecular weight is 450 g/mol. The Morgan fingerprint density at radius 2 is 1.72 bits per heavy atom. The number of rotatable bonds is 7. The van der Waals surface area contributed by atoms with Crippen LogP contribution in [0.3, 0.4) is 0 Å². The topological polar surface area (TPSA) is 36.4 Å². The Morgan fingerprint density at radius 3 is 2.38 bits per heavy atom. The van der Waals surface area contributed by atoms with Gasteiger partial charge in [-0.25, -0.2) is 4.98 Å². The highest BCUT2D eigenvalue weighted by Gasteiger charge is 2.20. The van der Waals surface area contributed by atoms with Gasteiger partial charge in [0, 0.05) is 18.0 Å². The number of aryl methyl sites for hydroxylation is 3. The molecule has 7 heteroatoms. The van der Waals surface area contributed by atoms with Crippen LogP contribution >= 0.6 is 35.5 Å². The largest absolute Gasteiger partial charge is 0.308 e. The molecule has 29 heavy (non-hydrogen) atoms. The molecule has 156 valence electrons. The molecule has 0 fully saturated rings. The van der Waals surface area contributed by atoms with E-state index in [1.54, 1.807) is 23.1 Å². The lowest BCUT2D eigenvalue weighted by Gasteiger charge is -2.21. The Morgan fingerprint density at radius 1 is 1.03 bits per heavy atom. The number of hydrogen-bond acceptors (Lipinski definition) is 5. The number of hydrogen-bond donors (Lipinski definition) is 0. The number of halogens is 1. The second-order valence-electron chi connectivity index (χ2n) is 7.38. The molecule has 0 saturated carbocycles. The molecule has 3 rings (SSSR count). The molecular formula is C22H28ClN3OS2. The van der Waals surface area contributed by atoms with Crippen LogP contribution in [0.15, 0.2) is 41.3 Å². The number of anilines is 1. The van der Waals surface area contributed by atoms with E-state index >= 15 is 0 Å². The number of nitrogens with zero attached hydrogens (tertiary/aromatic N) is 3. The minimum atomic E-state index is 0. The number of likely N-dealkylation sites (N-methyl/N-ethyl adjacent to an activating group) is 1. The summed E-state index contributed by atoms with van der Waals surface area (Å²) in [5.41, 5.74) is 4.62. The van der Waals surface area contributed by atoms with Gasteiger partial charge in [-0.15, -0.1) is 24.2 Å². The molecule has 0 aliphatic carbocycles. The molecule has 4 nitrogen and oxygen atoms in total. The lowest BCUT2D eigenvalue weighted by Crippen LogP contribution is -2.37. The first kappa shape index (κ1) is 23.7. The van der Waals surface area contributed by atoms with Crippen molar-refractivity contribution in [2.45, 2.75) is 25.7 Å². The van der Waals surface area contributed by atoms with Crippen molar-refractivity contribution in [3.63, 3.8) is 0 Å². The van der Waals surface area contributed by atoms with Crippen LogP contribution in [0.25, 0.3) is 10.2 Å². The monoisotopic (exact) mass is 449 g/mol. The van der Waals surface area contributed by atoms with Crippen molar-refractivity contribution in [2.75, 3.05) is 37.8 Å². The summed E-state index contributed by atoms with van der Waals surface area (Å²) < 4.78 is 1.16. The molecule has 0 unspecified atom stereocenters. The summed E-state index contributed by atoms with van der Waals surface area (Å²) in [7, 11) is 4.05. The zero-order valence-electron chi connectivity index (χ0n) is 17.6. The fourth-order valence-electron chi connectivity index (χ4n) is 2.96. The van der Waals surface area contributed by atoms with Gasteiger partial charge >= 0.3 is 0 Å². The molecule has 0 N–H and O–H groups in total. The van der Waals surface area contributed by atoms with Gasteiger partial charge in [-0.1, -0.05) is 35.1 Å². The fourth-order valence-corrected chi connectivity index (χ4v) is 4.80. The van der Waals surface area contributed by atoms with E-state index in [2.05, 4.69) is 62.1 Å². The van der Waals surface area contributed by atoms with Crippen molar-refractivity contribution in [3.05, 3.63) is 53.1 Å². The lowest BCUT2D eigenvalue weighted by atomic mass is 10.1. The van der Waals surface area contributed by atoms with Crippen molar-refractivity contribution in [2.24, 2.45) is 0 Å². The van der Waals surface area contributed by atoms with E-state index in [0.717, 1.165) is 26.8 Å². The Hall–Kier alpha value is -1.60. The van der Waals surface area contributed by atoms with Gasteiger partial charge in [0.2, 0.25) is 5.91 Å². The smallest absolute Gasteiger partial charge is 0.239 e. The number of thioether (sulfide) groups is 1. The van der Waals surface area contributed by atoms with E-state index in [-0.39, 0.29) is 18.3 Å². The van der Waals surface area contributed by atoms with Crippen molar-refractivity contribution in [1.82, 2.24) is 9.88 Å². The van der Waals surface area contributed by atoms with E-state index in [0.29, 0.717) is 12.3 Å². The maximum atomic E-state index is 13.1. The zero-order chi connectivity index (χ0) is 20.3. The van der Waals surface area contributed by atoms with Crippen LogP contribution in [-0.4, -0.2) is 48.7 Å². The van der Waals surface area contributed by atoms with Crippen molar-refractivity contribution >= 4 is 56.8 Å². The highest BCUT2D eigenvalue weighted by Crippen LogP contribution is 2.32. The molecule has 2 aromatic carbocycles. The van der Waals surface area contributed by atoms with Crippen molar-refractivity contribution in [3.8, 4) is 0 Å². The van der Waals surface area contributed by atoms with Crippen molar-refractivity contribution in [1.29, 1.82) is 0 Å². The number of carbonyl (C=O) groups is 1. The van der Waals surface area contributed by atoms with Crippen LogP contribution in [0, 0.1) is 20.8 Å². The molecule has 0 bridgehead atoms. The molecule has 0 aliphatic heterocycles. The molecule has 0 radical (unpaired) electrons. The Kier molecular flexibility index (Phi) is 8.52. The Bertz CT molecular complexity index is 970. The van der Waals surface area contributed by atoms with E-state index < -0.39 is 0 Å². The summed E-state index contributed by atoms with van der Waals surface area (Å²) in [6.45, 7) is 7.70. The second kappa shape index (κ2) is 10.4. The predicted molar refractivity (Wildman–Crippen MR) is 129 cm³/mol. The first-order chi connectivity index (χ1) is 13.3. The van der Waals surface area contributed by atoms with Gasteiger partial charge in [-0.05, 0) is 64.2 Å². The average Bonchev–Trinajstić information content (AvgIpc) is 3.05. The Balaban J connectivity index is 0.00000300. The third kappa shape index (κ3) is 6.19. The van der Waals surface area contributed by atoms with Crippen LogP contribution in [0.5, 0.6) is 0 Å². The quantitative estimate of drug-likeness (QED) is 0.457. The molecule has 0 atom stereocenters. The summed E-state index contributed by atoms with van der Waals surface area (Å²) in [6.07, 6.45) is 0. The van der Waals surface area contributed by atoms with Crippen LogP contribution < -0.4 is 4.90 Å². The van der Waals surface area contributed by atoms with Gasteiger partial charge in [0.1, 0.15) is 0 Å². The SMILES string of the molecule is Cc1ccc(SCC(=O)N(CCN(C)C)c2nc3cc(C)cc(C)c3s2)cc1.Cl. The van der Waals surface area contributed by atoms with Gasteiger partial charge in [-0.3, -0.25) is 9.69 Å². The molecule has 1 heterocycles. The van der Waals surface area contributed by atoms with Crippen LogP contribution in [0.4, 0.5) is 5.13 Å². The van der Waals surface area contributed by atoms with Crippen molar-refractivity contribution < 1.29 is 4.79 Å². The number of amides is 1. The maximum absolute atomic E-state index is 13.1. The normalized spacial score (nSPS) is 11.0. The summed E-state index contributed by atoms with van der Waals surface area (Å²) in [5, 5.41) is 0.792. The number of thiazole rings is 1. The molecule has 0 spiro atoms. The Labute approximate surface area is 187 Å². The number of benzene rings is 2. The summed E-state index contributed by atoms with van der Waals surface area (Å²) >= 11 is 3.19. The molecule has 0 aliphatic rings. The van der Waals surface area contributed by atoms with Gasteiger partial charge in [0.15, 0.2) is 5.13 Å². The molecule has 1 aromatic heterocycles. The molecule has 3 aromatic rings.